The molecule has 0 amide bonds. The Hall–Kier alpha value is -0.550. The lowest BCUT2D eigenvalue weighted by molar-refractivity contribution is 0.642. The normalized spacial score (nSPS) is 24.1. The first-order valence-electron chi connectivity index (χ1n) is 5.09. The smallest absolute Gasteiger partial charge is 0.157 e. The van der Waals surface area contributed by atoms with Crippen molar-refractivity contribution in [2.45, 2.75) is 32.9 Å². The number of nitrogens with zero attached hydrogens (tertiary/aromatic N) is 2. The van der Waals surface area contributed by atoms with E-state index in [4.69, 9.17) is 0 Å². The molecule has 1 aliphatic heterocycles. The van der Waals surface area contributed by atoms with Gasteiger partial charge in [0, 0.05) is 22.9 Å². The van der Waals surface area contributed by atoms with Crippen molar-refractivity contribution in [2.75, 3.05) is 5.75 Å². The maximum atomic E-state index is 4.53. The minimum absolute atomic E-state index is 0.558. The molecule has 1 atom stereocenters. The van der Waals surface area contributed by atoms with Crippen LogP contribution in [-0.4, -0.2) is 21.9 Å². The zero-order chi connectivity index (χ0) is 10.7. The number of amidine groups is 1. The van der Waals surface area contributed by atoms with Gasteiger partial charge in [0.1, 0.15) is 5.01 Å². The lowest BCUT2D eigenvalue weighted by Crippen LogP contribution is -2.35. The van der Waals surface area contributed by atoms with Gasteiger partial charge in [-0.25, -0.2) is 4.98 Å². The Bertz CT molecular complexity index is 359. The molecule has 1 saturated heterocycles. The van der Waals surface area contributed by atoms with Gasteiger partial charge in [-0.2, -0.15) is 0 Å². The van der Waals surface area contributed by atoms with Gasteiger partial charge in [0.2, 0.25) is 0 Å². The van der Waals surface area contributed by atoms with E-state index >= 15 is 0 Å². The van der Waals surface area contributed by atoms with Crippen LogP contribution in [0.1, 0.15) is 23.2 Å². The number of hydrogen-bond donors (Lipinski definition) is 1. The highest BCUT2D eigenvalue weighted by atomic mass is 32.2. The average molecular weight is 241 g/mol. The summed E-state index contributed by atoms with van der Waals surface area (Å²) in [5.74, 6) is 1.17. The zero-order valence-electron chi connectivity index (χ0n) is 8.99. The van der Waals surface area contributed by atoms with Crippen LogP contribution in [0, 0.1) is 6.92 Å². The third-order valence-electron chi connectivity index (χ3n) is 2.19. The molecular weight excluding hydrogens is 226 g/mol. The standard InChI is InChI=1S/C10H15N3S2/c1-7-3-4-14-10(13-7)12-6-9-11-5-8(2)15-9/h5,7H,3-4,6H2,1-2H3,(H,12,13). The molecule has 3 nitrogen and oxygen atoms in total. The van der Waals surface area contributed by atoms with Gasteiger partial charge in [0.25, 0.3) is 0 Å². The first-order valence-corrected chi connectivity index (χ1v) is 6.89. The maximum Gasteiger partial charge on any atom is 0.157 e. The molecule has 2 rings (SSSR count). The van der Waals surface area contributed by atoms with Crippen molar-refractivity contribution in [3.05, 3.63) is 16.1 Å². The first-order chi connectivity index (χ1) is 7.24. The summed E-state index contributed by atoms with van der Waals surface area (Å²) >= 11 is 3.53. The molecule has 0 radical (unpaired) electrons. The largest absolute Gasteiger partial charge is 0.362 e. The molecular formula is C10H15N3S2. The fourth-order valence-corrected chi connectivity index (χ4v) is 3.18. The Morgan fingerprint density at radius 1 is 1.67 bits per heavy atom. The average Bonchev–Trinajstić information content (AvgIpc) is 2.62. The zero-order valence-corrected chi connectivity index (χ0v) is 10.6. The van der Waals surface area contributed by atoms with Gasteiger partial charge in [0.15, 0.2) is 5.17 Å². The summed E-state index contributed by atoms with van der Waals surface area (Å²) in [5.41, 5.74) is 0. The lowest BCUT2D eigenvalue weighted by atomic mass is 10.3. The van der Waals surface area contributed by atoms with Crippen LogP contribution in [-0.2, 0) is 6.54 Å². The number of aromatic nitrogens is 1. The van der Waals surface area contributed by atoms with Crippen molar-refractivity contribution in [2.24, 2.45) is 4.99 Å². The third-order valence-corrected chi connectivity index (χ3v) is 4.04. The van der Waals surface area contributed by atoms with Crippen LogP contribution in [0.4, 0.5) is 0 Å². The van der Waals surface area contributed by atoms with Gasteiger partial charge >= 0.3 is 0 Å². The summed E-state index contributed by atoms with van der Waals surface area (Å²) in [7, 11) is 0. The van der Waals surface area contributed by atoms with E-state index in [1.165, 1.54) is 17.1 Å². The van der Waals surface area contributed by atoms with Gasteiger partial charge in [0.05, 0.1) is 6.54 Å². The summed E-state index contributed by atoms with van der Waals surface area (Å²) in [4.78, 5) is 10.1. The molecule has 1 aromatic heterocycles. The summed E-state index contributed by atoms with van der Waals surface area (Å²) in [6.45, 7) is 4.98. The number of hydrogen-bond acceptors (Lipinski definition) is 4. The number of rotatable bonds is 2. The second-order valence-electron chi connectivity index (χ2n) is 3.67. The molecule has 0 spiro atoms. The Kier molecular flexibility index (Phi) is 3.64. The molecule has 1 aromatic rings. The fourth-order valence-electron chi connectivity index (χ4n) is 1.36. The minimum atomic E-state index is 0.558. The highest BCUT2D eigenvalue weighted by Crippen LogP contribution is 2.16. The number of aliphatic imine (C=N–C) groups is 1. The Balaban J connectivity index is 1.93. The van der Waals surface area contributed by atoms with Gasteiger partial charge in [-0.05, 0) is 20.3 Å². The lowest BCUT2D eigenvalue weighted by Gasteiger charge is -2.21. The van der Waals surface area contributed by atoms with Crippen molar-refractivity contribution >= 4 is 28.3 Å². The second kappa shape index (κ2) is 4.99. The van der Waals surface area contributed by atoms with Gasteiger partial charge in [-0.1, -0.05) is 11.8 Å². The van der Waals surface area contributed by atoms with Crippen molar-refractivity contribution in [3.63, 3.8) is 0 Å². The molecule has 0 aliphatic carbocycles. The summed E-state index contributed by atoms with van der Waals surface area (Å²) in [5, 5.41) is 5.55. The first kappa shape index (κ1) is 11.0. The predicted octanol–water partition coefficient (Wildman–Crippen LogP) is 2.42. The van der Waals surface area contributed by atoms with E-state index in [1.807, 2.05) is 18.0 Å². The highest BCUT2D eigenvalue weighted by Gasteiger charge is 2.12. The van der Waals surface area contributed by atoms with Crippen molar-refractivity contribution in [3.8, 4) is 0 Å². The molecule has 1 N–H and O–H groups in total. The van der Waals surface area contributed by atoms with Crippen LogP contribution in [0.15, 0.2) is 11.2 Å². The van der Waals surface area contributed by atoms with Crippen LogP contribution in [0.2, 0.25) is 0 Å². The number of nitrogens with one attached hydrogen (secondary N) is 1. The quantitative estimate of drug-likeness (QED) is 0.864. The minimum Gasteiger partial charge on any atom is -0.362 e. The highest BCUT2D eigenvalue weighted by molar-refractivity contribution is 8.13. The predicted molar refractivity (Wildman–Crippen MR) is 67.7 cm³/mol. The second-order valence-corrected chi connectivity index (χ2v) is 6.07. The van der Waals surface area contributed by atoms with Crippen LogP contribution >= 0.6 is 23.1 Å². The van der Waals surface area contributed by atoms with E-state index < -0.39 is 0 Å². The summed E-state index contributed by atoms with van der Waals surface area (Å²) in [6.07, 6.45) is 3.13. The van der Waals surface area contributed by atoms with Gasteiger partial charge in [-0.3, -0.25) is 4.99 Å². The molecule has 0 bridgehead atoms. The number of thioether (sulfide) groups is 1. The molecule has 0 saturated carbocycles. The van der Waals surface area contributed by atoms with E-state index in [0.29, 0.717) is 12.6 Å². The van der Waals surface area contributed by atoms with E-state index in [0.717, 1.165) is 10.2 Å². The molecule has 2 heterocycles. The summed E-state index contributed by atoms with van der Waals surface area (Å²) < 4.78 is 0. The maximum absolute atomic E-state index is 4.53. The molecule has 15 heavy (non-hydrogen) atoms. The van der Waals surface area contributed by atoms with Crippen LogP contribution < -0.4 is 5.32 Å². The molecule has 1 fully saturated rings. The fraction of sp³-hybridized carbons (Fsp3) is 0.600. The van der Waals surface area contributed by atoms with Crippen LogP contribution in [0.5, 0.6) is 0 Å². The van der Waals surface area contributed by atoms with E-state index in [9.17, 15) is 0 Å². The SMILES string of the molecule is Cc1cnc(CN=C2NC(C)CCS2)s1. The van der Waals surface area contributed by atoms with Gasteiger partial charge < -0.3 is 5.32 Å². The molecule has 1 aliphatic rings. The third kappa shape index (κ3) is 3.21. The Labute approximate surface area is 98.4 Å². The topological polar surface area (TPSA) is 37.3 Å². The molecule has 82 valence electrons. The van der Waals surface area contributed by atoms with E-state index in [2.05, 4.69) is 29.1 Å². The monoisotopic (exact) mass is 241 g/mol. The molecule has 5 heteroatoms. The Morgan fingerprint density at radius 3 is 3.20 bits per heavy atom. The van der Waals surface area contributed by atoms with Crippen molar-refractivity contribution in [1.82, 2.24) is 10.3 Å². The molecule has 0 aromatic carbocycles. The van der Waals surface area contributed by atoms with Crippen LogP contribution in [0.3, 0.4) is 0 Å². The van der Waals surface area contributed by atoms with Crippen LogP contribution in [0.25, 0.3) is 0 Å². The Morgan fingerprint density at radius 2 is 2.53 bits per heavy atom. The molecule has 1 unspecified atom stereocenters. The summed E-state index contributed by atoms with van der Waals surface area (Å²) in [6, 6.07) is 0.558. The number of aryl methyl sites for hydroxylation is 1. The van der Waals surface area contributed by atoms with E-state index in [-0.39, 0.29) is 0 Å². The van der Waals surface area contributed by atoms with E-state index in [1.54, 1.807) is 11.3 Å². The number of thiazole rings is 1. The van der Waals surface area contributed by atoms with Gasteiger partial charge in [-0.15, -0.1) is 11.3 Å². The van der Waals surface area contributed by atoms with Crippen molar-refractivity contribution < 1.29 is 0 Å². The van der Waals surface area contributed by atoms with Crippen molar-refractivity contribution in [1.29, 1.82) is 0 Å².